The molecule has 2 amide bonds. The molecule has 0 saturated carbocycles. The molecule has 4 N–H and O–H groups in total. The number of aromatic nitrogens is 2. The SMILES string of the molecule is COC(=O)N[C@H](C(=O)Nc1cccc(F)c1CC[C@@H]1CN[C@H](c2nc3cc(C)c(C)cc3[nH]2)CO1)C(c1ccccc1)c1ccccc1. The molecule has 1 fully saturated rings. The van der Waals surface area contributed by atoms with Crippen LogP contribution in [0.3, 0.4) is 0 Å². The van der Waals surface area contributed by atoms with E-state index >= 15 is 4.39 Å². The van der Waals surface area contributed by atoms with Gasteiger partial charge in [-0.1, -0.05) is 66.7 Å². The zero-order valence-corrected chi connectivity index (χ0v) is 27.3. The fraction of sp³-hybridized carbons (Fsp3) is 0.289. The zero-order chi connectivity index (χ0) is 33.6. The number of fused-ring (bicyclic) bond motifs is 1. The molecule has 5 aromatic rings. The molecule has 9 nitrogen and oxygen atoms in total. The maximum absolute atomic E-state index is 15.3. The second-order valence-electron chi connectivity index (χ2n) is 12.2. The number of H-pyrrole nitrogens is 1. The van der Waals surface area contributed by atoms with Gasteiger partial charge in [-0.15, -0.1) is 0 Å². The minimum Gasteiger partial charge on any atom is -0.453 e. The highest BCUT2D eigenvalue weighted by Gasteiger charge is 2.33. The smallest absolute Gasteiger partial charge is 0.407 e. The van der Waals surface area contributed by atoms with Crippen molar-refractivity contribution in [2.45, 2.75) is 50.8 Å². The van der Waals surface area contributed by atoms with E-state index in [0.717, 1.165) is 28.0 Å². The molecule has 48 heavy (non-hydrogen) atoms. The Morgan fingerprint density at radius 3 is 2.31 bits per heavy atom. The average Bonchev–Trinajstić information content (AvgIpc) is 3.51. The van der Waals surface area contributed by atoms with Gasteiger partial charge in [0.2, 0.25) is 5.91 Å². The molecule has 1 aromatic heterocycles. The van der Waals surface area contributed by atoms with Crippen LogP contribution in [-0.4, -0.2) is 54.4 Å². The van der Waals surface area contributed by atoms with Gasteiger partial charge in [0.1, 0.15) is 17.7 Å². The number of hydrogen-bond acceptors (Lipinski definition) is 6. The van der Waals surface area contributed by atoms with Crippen molar-refractivity contribution in [2.75, 3.05) is 25.6 Å². The quantitative estimate of drug-likeness (QED) is 0.138. The summed E-state index contributed by atoms with van der Waals surface area (Å²) >= 11 is 0. The summed E-state index contributed by atoms with van der Waals surface area (Å²) in [5.74, 6) is -0.646. The van der Waals surface area contributed by atoms with E-state index in [2.05, 4.69) is 46.9 Å². The molecule has 248 valence electrons. The molecular formula is C38H40FN5O4. The highest BCUT2D eigenvalue weighted by Crippen LogP contribution is 2.31. The minimum atomic E-state index is -1.06. The first-order valence-electron chi connectivity index (χ1n) is 16.1. The van der Waals surface area contributed by atoms with Crippen molar-refractivity contribution in [3.8, 4) is 0 Å². The number of carbonyl (C=O) groups is 2. The maximum Gasteiger partial charge on any atom is 0.407 e. The number of morpholine rings is 1. The number of methoxy groups -OCH3 is 1. The van der Waals surface area contributed by atoms with Gasteiger partial charge in [0.25, 0.3) is 0 Å². The first kappa shape index (κ1) is 32.9. The number of alkyl carbamates (subject to hydrolysis) is 1. The van der Waals surface area contributed by atoms with Crippen molar-refractivity contribution in [1.82, 2.24) is 20.6 Å². The Morgan fingerprint density at radius 2 is 1.67 bits per heavy atom. The van der Waals surface area contributed by atoms with Crippen LogP contribution in [0.15, 0.2) is 91.0 Å². The molecule has 4 aromatic carbocycles. The Hall–Kier alpha value is -5.06. The molecule has 1 aliphatic heterocycles. The molecule has 0 radical (unpaired) electrons. The third-order valence-corrected chi connectivity index (χ3v) is 9.02. The third kappa shape index (κ3) is 7.40. The summed E-state index contributed by atoms with van der Waals surface area (Å²) in [5.41, 5.74) is 6.68. The van der Waals surface area contributed by atoms with Crippen molar-refractivity contribution < 1.29 is 23.5 Å². The van der Waals surface area contributed by atoms with Crippen LogP contribution in [-0.2, 0) is 20.7 Å². The number of imidazole rings is 1. The lowest BCUT2D eigenvalue weighted by Crippen LogP contribution is -2.48. The molecule has 10 heteroatoms. The Labute approximate surface area is 279 Å². The summed E-state index contributed by atoms with van der Waals surface area (Å²) in [5, 5.41) is 9.17. The number of ether oxygens (including phenoxy) is 2. The number of aryl methyl sites for hydroxylation is 2. The molecule has 0 bridgehead atoms. The van der Waals surface area contributed by atoms with Crippen molar-refractivity contribution in [3.63, 3.8) is 0 Å². The predicted molar refractivity (Wildman–Crippen MR) is 183 cm³/mol. The lowest BCUT2D eigenvalue weighted by molar-refractivity contribution is -0.118. The van der Waals surface area contributed by atoms with E-state index in [0.29, 0.717) is 37.2 Å². The zero-order valence-electron chi connectivity index (χ0n) is 27.3. The van der Waals surface area contributed by atoms with Crippen molar-refractivity contribution in [2.24, 2.45) is 0 Å². The highest BCUT2D eigenvalue weighted by molar-refractivity contribution is 5.98. The number of nitrogens with zero attached hydrogens (tertiary/aromatic N) is 1. The van der Waals surface area contributed by atoms with E-state index in [4.69, 9.17) is 14.5 Å². The lowest BCUT2D eigenvalue weighted by atomic mass is 9.84. The second kappa shape index (κ2) is 14.8. The maximum atomic E-state index is 15.3. The van der Waals surface area contributed by atoms with Gasteiger partial charge in [-0.05, 0) is 73.2 Å². The van der Waals surface area contributed by atoms with E-state index in [9.17, 15) is 9.59 Å². The van der Waals surface area contributed by atoms with E-state index in [1.165, 1.54) is 24.3 Å². The highest BCUT2D eigenvalue weighted by atomic mass is 19.1. The van der Waals surface area contributed by atoms with E-state index in [1.54, 1.807) is 12.1 Å². The number of halogens is 1. The number of carbonyl (C=O) groups excluding carboxylic acids is 2. The summed E-state index contributed by atoms with van der Waals surface area (Å²) in [6, 6.07) is 26.6. The average molecular weight is 650 g/mol. The van der Waals surface area contributed by atoms with Crippen molar-refractivity contribution >= 4 is 28.7 Å². The van der Waals surface area contributed by atoms with Crippen LogP contribution < -0.4 is 16.0 Å². The van der Waals surface area contributed by atoms with Crippen LogP contribution in [0.5, 0.6) is 0 Å². The Kier molecular flexibility index (Phi) is 10.1. The lowest BCUT2D eigenvalue weighted by Gasteiger charge is -2.30. The standard InChI is InChI=1S/C38H40FN5O4/c1-23-19-31-32(20-24(23)2)42-36(41-31)33-22-48-27(21-40-33)17-18-28-29(39)15-10-16-30(28)43-37(45)35(44-38(46)47-3)34(25-11-6-4-7-12-25)26-13-8-5-9-14-26/h4-16,19-20,27,33-35,40H,17-18,21-22H2,1-3H3,(H,41,42)(H,43,45)(H,44,46)/t27-,33+,35+/m1/s1. The van der Waals surface area contributed by atoms with Crippen molar-refractivity contribution in [3.05, 3.63) is 130 Å². The first-order valence-corrected chi connectivity index (χ1v) is 16.1. The third-order valence-electron chi connectivity index (χ3n) is 9.02. The minimum absolute atomic E-state index is 0.0843. The van der Waals surface area contributed by atoms with Crippen LogP contribution >= 0.6 is 0 Å². The number of amides is 2. The number of hydrogen-bond donors (Lipinski definition) is 4. The van der Waals surface area contributed by atoms with Gasteiger partial charge < -0.3 is 30.4 Å². The molecule has 0 unspecified atom stereocenters. The summed E-state index contributed by atoms with van der Waals surface area (Å²) in [6.45, 7) is 5.14. The molecule has 0 spiro atoms. The largest absolute Gasteiger partial charge is 0.453 e. The Morgan fingerprint density at radius 1 is 0.979 bits per heavy atom. The van der Waals surface area contributed by atoms with Crippen LogP contribution in [0.2, 0.25) is 0 Å². The summed E-state index contributed by atoms with van der Waals surface area (Å²) in [6.07, 6.45) is -0.0480. The monoisotopic (exact) mass is 649 g/mol. The molecule has 6 rings (SSSR count). The number of aromatic amines is 1. The Balaban J connectivity index is 1.16. The summed E-state index contributed by atoms with van der Waals surface area (Å²) in [7, 11) is 1.25. The van der Waals surface area contributed by atoms with Gasteiger partial charge in [-0.3, -0.25) is 4.79 Å². The van der Waals surface area contributed by atoms with E-state index in [-0.39, 0.29) is 12.1 Å². The number of anilines is 1. The second-order valence-corrected chi connectivity index (χ2v) is 12.2. The van der Waals surface area contributed by atoms with Crippen LogP contribution in [0, 0.1) is 19.7 Å². The number of benzene rings is 4. The molecule has 1 aliphatic rings. The van der Waals surface area contributed by atoms with Crippen molar-refractivity contribution in [1.29, 1.82) is 0 Å². The molecule has 0 aliphatic carbocycles. The molecule has 1 saturated heterocycles. The van der Waals surface area contributed by atoms with Crippen LogP contribution in [0.4, 0.5) is 14.9 Å². The number of nitrogens with one attached hydrogen (secondary N) is 4. The number of rotatable bonds is 10. The summed E-state index contributed by atoms with van der Waals surface area (Å²) < 4.78 is 26.4. The fourth-order valence-corrected chi connectivity index (χ4v) is 6.27. The van der Waals surface area contributed by atoms with Crippen LogP contribution in [0.1, 0.15) is 52.0 Å². The van der Waals surface area contributed by atoms with E-state index in [1.807, 2.05) is 60.7 Å². The molecule has 2 heterocycles. The van der Waals surface area contributed by atoms with Gasteiger partial charge in [0.15, 0.2) is 0 Å². The van der Waals surface area contributed by atoms with Gasteiger partial charge in [0.05, 0.1) is 36.9 Å². The predicted octanol–water partition coefficient (Wildman–Crippen LogP) is 6.48. The first-order chi connectivity index (χ1) is 23.3. The summed E-state index contributed by atoms with van der Waals surface area (Å²) in [4.78, 5) is 34.8. The fourth-order valence-electron chi connectivity index (χ4n) is 6.27. The molecular weight excluding hydrogens is 609 g/mol. The van der Waals surface area contributed by atoms with Gasteiger partial charge in [-0.2, -0.15) is 0 Å². The van der Waals surface area contributed by atoms with E-state index < -0.39 is 29.8 Å². The van der Waals surface area contributed by atoms with Gasteiger partial charge >= 0.3 is 6.09 Å². The molecule has 3 atom stereocenters. The van der Waals surface area contributed by atoms with Gasteiger partial charge in [-0.25, -0.2) is 14.2 Å². The topological polar surface area (TPSA) is 117 Å². The van der Waals surface area contributed by atoms with Crippen LogP contribution in [0.25, 0.3) is 11.0 Å². The normalized spacial score (nSPS) is 16.9. The Bertz CT molecular complexity index is 1790. The van der Waals surface area contributed by atoms with Gasteiger partial charge in [0, 0.05) is 23.7 Å².